The van der Waals surface area contributed by atoms with E-state index in [0.717, 1.165) is 0 Å². The smallest absolute Gasteiger partial charge is 0.407 e. The third-order valence-electron chi connectivity index (χ3n) is 8.25. The molecule has 17 heteroatoms. The Kier molecular flexibility index (Phi) is 14.3. The molecule has 15 nitrogen and oxygen atoms in total. The first-order valence-electron chi connectivity index (χ1n) is 17.0. The largest absolute Gasteiger partial charge is 0.485 e. The number of hydrogen-bond acceptors (Lipinski definition) is 10. The molecule has 0 radical (unpaired) electrons. The van der Waals surface area contributed by atoms with Gasteiger partial charge in [0.05, 0.1) is 51.1 Å². The van der Waals surface area contributed by atoms with Gasteiger partial charge < -0.3 is 44.9 Å². The zero-order valence-electron chi connectivity index (χ0n) is 30.3. The summed E-state index contributed by atoms with van der Waals surface area (Å²) in [6.45, 7) is 4.26. The fourth-order valence-corrected chi connectivity index (χ4v) is 5.60. The van der Waals surface area contributed by atoms with Crippen molar-refractivity contribution in [3.05, 3.63) is 65.2 Å². The van der Waals surface area contributed by atoms with Crippen molar-refractivity contribution in [2.24, 2.45) is 4.99 Å². The summed E-state index contributed by atoms with van der Waals surface area (Å²) in [5.41, 5.74) is 2.23. The van der Waals surface area contributed by atoms with E-state index in [2.05, 4.69) is 40.4 Å². The molecule has 2 aromatic carbocycles. The van der Waals surface area contributed by atoms with Crippen molar-refractivity contribution in [1.29, 1.82) is 0 Å². The van der Waals surface area contributed by atoms with Crippen molar-refractivity contribution < 1.29 is 42.2 Å². The van der Waals surface area contributed by atoms with Crippen molar-refractivity contribution in [1.82, 2.24) is 35.7 Å². The molecular weight excluding hydrogens is 694 g/mol. The number of carbonyl (C=O) groups is 4. The van der Waals surface area contributed by atoms with Gasteiger partial charge in [0.1, 0.15) is 31.3 Å². The van der Waals surface area contributed by atoms with E-state index >= 15 is 8.78 Å². The van der Waals surface area contributed by atoms with Crippen molar-refractivity contribution in [3.8, 4) is 28.1 Å². The van der Waals surface area contributed by atoms with E-state index in [9.17, 15) is 19.2 Å². The monoisotopic (exact) mass is 738 g/mol. The van der Waals surface area contributed by atoms with E-state index in [4.69, 9.17) is 4.74 Å². The Morgan fingerprint density at radius 3 is 2.19 bits per heavy atom. The Hall–Kier alpha value is -6.00. The molecule has 0 saturated heterocycles. The van der Waals surface area contributed by atoms with Crippen molar-refractivity contribution in [2.45, 2.75) is 39.8 Å². The Bertz CT molecular complexity index is 1860. The maximum Gasteiger partial charge on any atom is 0.407 e. The van der Waals surface area contributed by atoms with Gasteiger partial charge in [-0.05, 0) is 36.6 Å². The summed E-state index contributed by atoms with van der Waals surface area (Å²) in [5.74, 6) is -1.48. The molecule has 0 bridgehead atoms. The standard InChI is InChI=1S/C36H44F2N8O7/c1-6-13-45(30(47)18-42-35(49)51-4)15-12-40-16-27(39-3)24-10-8-22-23-9-11-25(33(38)34(23)53-21-26(22)32(24)37)28-17-41-29(44-28)20-46(14-7-2)31(48)19-43-36(50)52-5/h8-12,16-17,39H,6-7,13-15,18-21H2,1-5H3,(H,41,44)(H,42,49)(H,43,50)/b27-16-,40-12+. The molecule has 0 unspecified atom stereocenters. The number of aliphatic imine (C=N–C) groups is 1. The fraction of sp³-hybridized carbons (Fsp3) is 0.389. The van der Waals surface area contributed by atoms with Gasteiger partial charge in [-0.1, -0.05) is 19.9 Å². The zero-order chi connectivity index (χ0) is 38.5. The number of halogens is 2. The average molecular weight is 739 g/mol. The number of rotatable bonds is 16. The number of benzene rings is 2. The Morgan fingerprint density at radius 2 is 1.55 bits per heavy atom. The lowest BCUT2D eigenvalue weighted by atomic mass is 9.92. The Labute approximate surface area is 305 Å². The van der Waals surface area contributed by atoms with Crippen LogP contribution in [0, 0.1) is 11.6 Å². The summed E-state index contributed by atoms with van der Waals surface area (Å²) in [5, 5.41) is 7.68. The highest BCUT2D eigenvalue weighted by Gasteiger charge is 2.28. The van der Waals surface area contributed by atoms with Gasteiger partial charge in [-0.25, -0.2) is 23.4 Å². The van der Waals surface area contributed by atoms with Gasteiger partial charge in [0.25, 0.3) is 0 Å². The maximum absolute atomic E-state index is 16.0. The van der Waals surface area contributed by atoms with E-state index in [-0.39, 0.29) is 67.0 Å². The van der Waals surface area contributed by atoms with Crippen LogP contribution in [0.15, 0.2) is 41.7 Å². The van der Waals surface area contributed by atoms with Crippen molar-refractivity contribution in [3.63, 3.8) is 0 Å². The Morgan fingerprint density at radius 1 is 0.925 bits per heavy atom. The molecule has 4 amide bonds. The molecule has 2 heterocycles. The molecule has 4 N–H and O–H groups in total. The van der Waals surface area contributed by atoms with Crippen molar-refractivity contribution in [2.75, 3.05) is 54.0 Å². The number of nitrogens with one attached hydrogen (secondary N) is 4. The van der Waals surface area contributed by atoms with Crippen LogP contribution < -0.4 is 20.7 Å². The van der Waals surface area contributed by atoms with Crippen LogP contribution in [0.1, 0.15) is 43.6 Å². The molecule has 0 fully saturated rings. The molecule has 1 aliphatic heterocycles. The number of ether oxygens (including phenoxy) is 3. The van der Waals surface area contributed by atoms with Crippen LogP contribution in [0.4, 0.5) is 18.4 Å². The molecule has 0 aliphatic carbocycles. The number of aromatic nitrogens is 2. The minimum absolute atomic E-state index is 0.0306. The van der Waals surface area contributed by atoms with Gasteiger partial charge >= 0.3 is 12.2 Å². The van der Waals surface area contributed by atoms with E-state index in [1.807, 2.05) is 13.8 Å². The molecule has 4 rings (SSSR count). The molecule has 3 aromatic rings. The molecule has 0 atom stereocenters. The van der Waals surface area contributed by atoms with Gasteiger partial charge in [-0.2, -0.15) is 0 Å². The maximum atomic E-state index is 16.0. The number of alkyl carbamates (subject to hydrolysis) is 2. The number of nitrogens with zero attached hydrogens (tertiary/aromatic N) is 4. The van der Waals surface area contributed by atoms with Gasteiger partial charge in [-0.15, -0.1) is 0 Å². The van der Waals surface area contributed by atoms with Crippen LogP contribution in [0.3, 0.4) is 0 Å². The predicted octanol–water partition coefficient (Wildman–Crippen LogP) is 4.19. The lowest BCUT2D eigenvalue weighted by Crippen LogP contribution is -2.41. The van der Waals surface area contributed by atoms with Crippen LogP contribution >= 0.6 is 0 Å². The SMILES string of the molecule is CCCN(C/C=N/C=C(\NC)c1ccc2c(c1F)COc1c-2ccc(-c2cnc(CN(CCC)C(=O)CNC(=O)OC)[nH]2)c1F)C(=O)CNC(=O)OC. The first kappa shape index (κ1) is 39.8. The number of hydrogen-bond donors (Lipinski definition) is 4. The third-order valence-corrected chi connectivity index (χ3v) is 8.25. The highest BCUT2D eigenvalue weighted by Crippen LogP contribution is 2.44. The molecule has 0 spiro atoms. The summed E-state index contributed by atoms with van der Waals surface area (Å²) in [4.78, 5) is 62.6. The Balaban J connectivity index is 1.50. The summed E-state index contributed by atoms with van der Waals surface area (Å²) in [6, 6.07) is 6.47. The van der Waals surface area contributed by atoms with Crippen LogP contribution in [-0.4, -0.2) is 104 Å². The number of carbonyl (C=O) groups excluding carboxylic acids is 4. The minimum Gasteiger partial charge on any atom is -0.485 e. The van der Waals surface area contributed by atoms with Crippen LogP contribution in [0.5, 0.6) is 5.75 Å². The van der Waals surface area contributed by atoms with Gasteiger partial charge in [-0.3, -0.25) is 14.6 Å². The quantitative estimate of drug-likeness (QED) is 0.157. The number of fused-ring (bicyclic) bond motifs is 3. The van der Waals surface area contributed by atoms with Gasteiger partial charge in [0.2, 0.25) is 11.8 Å². The number of H-pyrrole nitrogens is 1. The normalized spacial score (nSPS) is 11.9. The van der Waals surface area contributed by atoms with Gasteiger partial charge in [0, 0.05) is 48.6 Å². The first-order valence-corrected chi connectivity index (χ1v) is 17.0. The number of aromatic amines is 1. The fourth-order valence-electron chi connectivity index (χ4n) is 5.60. The molecule has 1 aromatic heterocycles. The number of imidazole rings is 1. The second-order valence-corrected chi connectivity index (χ2v) is 11.8. The molecule has 284 valence electrons. The third kappa shape index (κ3) is 9.87. The van der Waals surface area contributed by atoms with E-state index < -0.39 is 23.8 Å². The first-order chi connectivity index (χ1) is 25.6. The van der Waals surface area contributed by atoms with Gasteiger partial charge in [0.15, 0.2) is 11.6 Å². The zero-order valence-corrected chi connectivity index (χ0v) is 30.3. The lowest BCUT2D eigenvalue weighted by Gasteiger charge is -2.24. The van der Waals surface area contributed by atoms with E-state index in [0.29, 0.717) is 54.3 Å². The number of methoxy groups -OCH3 is 2. The second-order valence-electron chi connectivity index (χ2n) is 11.8. The highest BCUT2D eigenvalue weighted by molar-refractivity contribution is 5.85. The molecule has 53 heavy (non-hydrogen) atoms. The van der Waals surface area contributed by atoms with Crippen molar-refractivity contribution >= 4 is 35.9 Å². The predicted molar refractivity (Wildman–Crippen MR) is 193 cm³/mol. The molecule has 0 saturated carbocycles. The van der Waals surface area contributed by atoms with Crippen LogP contribution in [0.25, 0.3) is 28.1 Å². The summed E-state index contributed by atoms with van der Waals surface area (Å²) in [7, 11) is 4.04. The average Bonchev–Trinajstić information content (AvgIpc) is 3.63. The summed E-state index contributed by atoms with van der Waals surface area (Å²) < 4.78 is 46.8. The lowest BCUT2D eigenvalue weighted by molar-refractivity contribution is -0.131. The second kappa shape index (κ2) is 19.0. The summed E-state index contributed by atoms with van der Waals surface area (Å²) in [6.07, 6.45) is 4.33. The molecular formula is C36H44F2N8O7. The van der Waals surface area contributed by atoms with E-state index in [1.165, 1.54) is 42.6 Å². The van der Waals surface area contributed by atoms with Crippen LogP contribution in [-0.2, 0) is 32.2 Å². The van der Waals surface area contributed by atoms with Crippen LogP contribution in [0.2, 0.25) is 0 Å². The van der Waals surface area contributed by atoms with E-state index in [1.54, 1.807) is 31.3 Å². The molecule has 1 aliphatic rings. The number of amides is 4. The topological polar surface area (TPSA) is 180 Å². The highest BCUT2D eigenvalue weighted by atomic mass is 19.1. The minimum atomic E-state index is -0.720. The summed E-state index contributed by atoms with van der Waals surface area (Å²) >= 11 is 0.